The molecule has 1 aliphatic heterocycles. The van der Waals surface area contributed by atoms with Gasteiger partial charge in [-0.15, -0.1) is 0 Å². The van der Waals surface area contributed by atoms with E-state index in [2.05, 4.69) is 34.4 Å². The smallest absolute Gasteiger partial charge is 0.271 e. The van der Waals surface area contributed by atoms with Gasteiger partial charge in [-0.1, -0.05) is 19.9 Å². The lowest BCUT2D eigenvalue weighted by Gasteiger charge is -2.08. The second kappa shape index (κ2) is 7.83. The lowest BCUT2D eigenvalue weighted by molar-refractivity contribution is 0.0946. The number of fused-ring (bicyclic) bond motifs is 1. The van der Waals surface area contributed by atoms with E-state index in [9.17, 15) is 4.79 Å². The summed E-state index contributed by atoms with van der Waals surface area (Å²) in [7, 11) is 0. The van der Waals surface area contributed by atoms with Crippen molar-refractivity contribution >= 4 is 11.7 Å². The minimum absolute atomic E-state index is 0.199. The van der Waals surface area contributed by atoms with Crippen molar-refractivity contribution in [2.45, 2.75) is 26.8 Å². The molecule has 2 aromatic rings. The maximum absolute atomic E-state index is 12.0. The SMILES string of the molecule is CC(C)CCNC(=O)c1cnc(NCc2ccc3c(c2)OCO3)cn1. The molecule has 0 atom stereocenters. The number of carbonyl (C=O) groups excluding carboxylic acids is 1. The number of hydrogen-bond donors (Lipinski definition) is 2. The first-order valence-corrected chi connectivity index (χ1v) is 8.34. The molecule has 0 radical (unpaired) electrons. The molecule has 1 aliphatic rings. The third-order valence-electron chi connectivity index (χ3n) is 3.80. The maximum atomic E-state index is 12.0. The van der Waals surface area contributed by atoms with Crippen LogP contribution in [0.2, 0.25) is 0 Å². The molecule has 0 saturated carbocycles. The Kier molecular flexibility index (Phi) is 5.33. The fourth-order valence-electron chi connectivity index (χ4n) is 2.35. The van der Waals surface area contributed by atoms with Gasteiger partial charge in [0.1, 0.15) is 11.5 Å². The van der Waals surface area contributed by atoms with Crippen LogP contribution in [0.5, 0.6) is 11.5 Å². The third-order valence-corrected chi connectivity index (χ3v) is 3.80. The molecule has 0 spiro atoms. The molecule has 1 amide bonds. The van der Waals surface area contributed by atoms with Crippen LogP contribution in [0.25, 0.3) is 0 Å². The van der Waals surface area contributed by atoms with Crippen molar-refractivity contribution in [1.82, 2.24) is 15.3 Å². The Morgan fingerprint density at radius 3 is 2.80 bits per heavy atom. The van der Waals surface area contributed by atoms with Gasteiger partial charge in [0.15, 0.2) is 11.5 Å². The number of anilines is 1. The van der Waals surface area contributed by atoms with Crippen molar-refractivity contribution in [3.05, 3.63) is 41.9 Å². The number of aromatic nitrogens is 2. The van der Waals surface area contributed by atoms with Crippen molar-refractivity contribution in [1.29, 1.82) is 0 Å². The second-order valence-corrected chi connectivity index (χ2v) is 6.27. The van der Waals surface area contributed by atoms with Gasteiger partial charge in [-0.05, 0) is 30.0 Å². The van der Waals surface area contributed by atoms with Gasteiger partial charge in [-0.2, -0.15) is 0 Å². The molecule has 0 aliphatic carbocycles. The Labute approximate surface area is 146 Å². The van der Waals surface area contributed by atoms with Crippen LogP contribution in [0.15, 0.2) is 30.6 Å². The molecule has 2 heterocycles. The lowest BCUT2D eigenvalue weighted by Crippen LogP contribution is -2.26. The van der Waals surface area contributed by atoms with Gasteiger partial charge in [-0.25, -0.2) is 9.97 Å². The largest absolute Gasteiger partial charge is 0.454 e. The van der Waals surface area contributed by atoms with Crippen molar-refractivity contribution in [2.24, 2.45) is 5.92 Å². The molecule has 3 rings (SSSR count). The third kappa shape index (κ3) is 4.59. The minimum atomic E-state index is -0.199. The Morgan fingerprint density at radius 1 is 1.20 bits per heavy atom. The van der Waals surface area contributed by atoms with Gasteiger partial charge in [0.25, 0.3) is 5.91 Å². The number of hydrogen-bond acceptors (Lipinski definition) is 6. The predicted octanol–water partition coefficient (Wildman–Crippen LogP) is 2.59. The van der Waals surface area contributed by atoms with Crippen LogP contribution in [0.4, 0.5) is 5.82 Å². The van der Waals surface area contributed by atoms with E-state index in [1.807, 2.05) is 18.2 Å². The highest BCUT2D eigenvalue weighted by Crippen LogP contribution is 2.32. The summed E-state index contributed by atoms with van der Waals surface area (Å²) in [5.74, 6) is 2.47. The normalized spacial score (nSPS) is 12.3. The molecule has 0 unspecified atom stereocenters. The van der Waals surface area contributed by atoms with Gasteiger partial charge >= 0.3 is 0 Å². The van der Waals surface area contributed by atoms with Gasteiger partial charge in [0.05, 0.1) is 12.4 Å². The molecule has 1 aromatic carbocycles. The van der Waals surface area contributed by atoms with E-state index in [-0.39, 0.29) is 12.7 Å². The number of rotatable bonds is 7. The van der Waals surface area contributed by atoms with Gasteiger partial charge in [0, 0.05) is 13.1 Å². The van der Waals surface area contributed by atoms with Gasteiger partial charge in [-0.3, -0.25) is 4.79 Å². The second-order valence-electron chi connectivity index (χ2n) is 6.27. The van der Waals surface area contributed by atoms with E-state index in [0.717, 1.165) is 23.5 Å². The van der Waals surface area contributed by atoms with E-state index in [1.54, 1.807) is 6.20 Å². The Hall–Kier alpha value is -2.83. The first-order chi connectivity index (χ1) is 12.1. The zero-order chi connectivity index (χ0) is 17.6. The van der Waals surface area contributed by atoms with Crippen LogP contribution in [0.3, 0.4) is 0 Å². The monoisotopic (exact) mass is 342 g/mol. The lowest BCUT2D eigenvalue weighted by atomic mass is 10.1. The topological polar surface area (TPSA) is 85.4 Å². The van der Waals surface area contributed by atoms with Crippen LogP contribution in [-0.2, 0) is 6.54 Å². The number of benzene rings is 1. The summed E-state index contributed by atoms with van der Waals surface area (Å²) in [5, 5.41) is 6.02. The highest BCUT2D eigenvalue weighted by Gasteiger charge is 2.13. The zero-order valence-corrected chi connectivity index (χ0v) is 14.4. The van der Waals surface area contributed by atoms with Crippen molar-refractivity contribution in [2.75, 3.05) is 18.7 Å². The first-order valence-electron chi connectivity index (χ1n) is 8.34. The number of ether oxygens (including phenoxy) is 2. The van der Waals surface area contributed by atoms with E-state index in [1.165, 1.54) is 6.20 Å². The van der Waals surface area contributed by atoms with Crippen LogP contribution in [-0.4, -0.2) is 29.2 Å². The molecule has 0 saturated heterocycles. The zero-order valence-electron chi connectivity index (χ0n) is 14.4. The number of amides is 1. The number of carbonyl (C=O) groups is 1. The molecule has 0 bridgehead atoms. The Bertz CT molecular complexity index is 732. The molecule has 25 heavy (non-hydrogen) atoms. The highest BCUT2D eigenvalue weighted by molar-refractivity contribution is 5.91. The number of nitrogens with one attached hydrogen (secondary N) is 2. The average Bonchev–Trinajstić information content (AvgIpc) is 3.07. The van der Waals surface area contributed by atoms with Crippen LogP contribution < -0.4 is 20.1 Å². The molecule has 7 heteroatoms. The fourth-order valence-corrected chi connectivity index (χ4v) is 2.35. The summed E-state index contributed by atoms with van der Waals surface area (Å²) < 4.78 is 10.6. The van der Waals surface area contributed by atoms with Crippen molar-refractivity contribution < 1.29 is 14.3 Å². The van der Waals surface area contributed by atoms with Crippen LogP contribution in [0.1, 0.15) is 36.3 Å². The minimum Gasteiger partial charge on any atom is -0.454 e. The van der Waals surface area contributed by atoms with E-state index in [4.69, 9.17) is 9.47 Å². The summed E-state index contributed by atoms with van der Waals surface area (Å²) in [4.78, 5) is 20.4. The summed E-state index contributed by atoms with van der Waals surface area (Å²) in [6.45, 7) is 5.71. The van der Waals surface area contributed by atoms with Gasteiger partial charge in [0.2, 0.25) is 6.79 Å². The summed E-state index contributed by atoms with van der Waals surface area (Å²) in [6, 6.07) is 5.78. The van der Waals surface area contributed by atoms with Crippen molar-refractivity contribution in [3.8, 4) is 11.5 Å². The van der Waals surface area contributed by atoms with Crippen molar-refractivity contribution in [3.63, 3.8) is 0 Å². The highest BCUT2D eigenvalue weighted by atomic mass is 16.7. The number of nitrogens with zero attached hydrogens (tertiary/aromatic N) is 2. The summed E-state index contributed by atoms with van der Waals surface area (Å²) in [6.07, 6.45) is 3.98. The van der Waals surface area contributed by atoms with Crippen LogP contribution in [0, 0.1) is 5.92 Å². The maximum Gasteiger partial charge on any atom is 0.271 e. The predicted molar refractivity (Wildman–Crippen MR) is 93.7 cm³/mol. The van der Waals surface area contributed by atoms with E-state index in [0.29, 0.717) is 30.5 Å². The molecule has 7 nitrogen and oxygen atoms in total. The quantitative estimate of drug-likeness (QED) is 0.804. The summed E-state index contributed by atoms with van der Waals surface area (Å²) >= 11 is 0. The molecule has 0 fully saturated rings. The molecular weight excluding hydrogens is 320 g/mol. The molecule has 2 N–H and O–H groups in total. The Morgan fingerprint density at radius 2 is 2.04 bits per heavy atom. The first kappa shape index (κ1) is 17.0. The fraction of sp³-hybridized carbons (Fsp3) is 0.389. The van der Waals surface area contributed by atoms with E-state index >= 15 is 0 Å². The standard InChI is InChI=1S/C18H22N4O3/c1-12(2)5-6-19-18(23)14-9-22-17(10-20-14)21-8-13-3-4-15-16(7-13)25-11-24-15/h3-4,7,9-10,12H,5-6,8,11H2,1-2H3,(H,19,23)(H,21,22). The molecular formula is C18H22N4O3. The van der Waals surface area contributed by atoms with E-state index < -0.39 is 0 Å². The molecule has 1 aromatic heterocycles. The average molecular weight is 342 g/mol. The summed E-state index contributed by atoms with van der Waals surface area (Å²) in [5.41, 5.74) is 1.36. The van der Waals surface area contributed by atoms with Crippen LogP contribution >= 0.6 is 0 Å². The van der Waals surface area contributed by atoms with Gasteiger partial charge < -0.3 is 20.1 Å². The molecule has 132 valence electrons. The Balaban J connectivity index is 1.51.